The summed E-state index contributed by atoms with van der Waals surface area (Å²) in [5.41, 5.74) is -0.674. The Bertz CT molecular complexity index is 310. The van der Waals surface area contributed by atoms with Crippen LogP contribution in [0.15, 0.2) is 0 Å². The van der Waals surface area contributed by atoms with Crippen LogP contribution in [0.4, 0.5) is 0 Å². The molecule has 0 aromatic heterocycles. The molecule has 0 spiro atoms. The number of rotatable bonds is 2. The highest BCUT2D eigenvalue weighted by Gasteiger charge is 2.36. The minimum Gasteiger partial charge on any atom is -0.381 e. The van der Waals surface area contributed by atoms with Gasteiger partial charge < -0.3 is 10.1 Å². The Hall–Kier alpha value is -1.08. The van der Waals surface area contributed by atoms with E-state index in [9.17, 15) is 10.1 Å². The number of carbonyl (C=O) groups excluding carboxylic acids is 1. The SMILES string of the molecule is N#CC1(NC(=O)C2CCCCC2)CCOCC1. The molecule has 0 radical (unpaired) electrons. The lowest BCUT2D eigenvalue weighted by atomic mass is 9.86. The summed E-state index contributed by atoms with van der Waals surface area (Å²) in [5, 5.41) is 12.2. The van der Waals surface area contributed by atoms with Crippen LogP contribution >= 0.6 is 0 Å². The van der Waals surface area contributed by atoms with Gasteiger partial charge in [0.25, 0.3) is 0 Å². The van der Waals surface area contributed by atoms with Crippen LogP contribution in [0.1, 0.15) is 44.9 Å². The van der Waals surface area contributed by atoms with Gasteiger partial charge in [-0.15, -0.1) is 0 Å². The van der Waals surface area contributed by atoms with Gasteiger partial charge in [-0.05, 0) is 12.8 Å². The molecular formula is C13H20N2O2. The van der Waals surface area contributed by atoms with E-state index in [1.165, 1.54) is 6.42 Å². The van der Waals surface area contributed by atoms with Crippen molar-refractivity contribution in [3.8, 4) is 6.07 Å². The predicted molar refractivity (Wildman–Crippen MR) is 63.1 cm³/mol. The van der Waals surface area contributed by atoms with Gasteiger partial charge in [-0.3, -0.25) is 4.79 Å². The quantitative estimate of drug-likeness (QED) is 0.794. The lowest BCUT2D eigenvalue weighted by Crippen LogP contribution is -2.52. The van der Waals surface area contributed by atoms with E-state index in [1.54, 1.807) is 0 Å². The fourth-order valence-electron chi connectivity index (χ4n) is 2.69. The Morgan fingerprint density at radius 2 is 1.88 bits per heavy atom. The van der Waals surface area contributed by atoms with Crippen molar-refractivity contribution >= 4 is 5.91 Å². The zero-order chi connectivity index (χ0) is 12.1. The third-order valence-electron chi connectivity index (χ3n) is 3.90. The second kappa shape index (κ2) is 5.50. The minimum absolute atomic E-state index is 0.0770. The van der Waals surface area contributed by atoms with Crippen molar-refractivity contribution in [1.29, 1.82) is 5.26 Å². The third kappa shape index (κ3) is 2.98. The number of ether oxygens (including phenoxy) is 1. The van der Waals surface area contributed by atoms with Crippen LogP contribution in [0, 0.1) is 17.2 Å². The summed E-state index contributed by atoms with van der Waals surface area (Å²) in [4.78, 5) is 12.1. The largest absolute Gasteiger partial charge is 0.381 e. The van der Waals surface area contributed by atoms with E-state index >= 15 is 0 Å². The van der Waals surface area contributed by atoms with Crippen molar-refractivity contribution in [2.45, 2.75) is 50.5 Å². The van der Waals surface area contributed by atoms with Crippen molar-refractivity contribution in [2.24, 2.45) is 5.92 Å². The molecule has 1 N–H and O–H groups in total. The van der Waals surface area contributed by atoms with Crippen LogP contribution in [0.25, 0.3) is 0 Å². The molecule has 0 aromatic carbocycles. The molecule has 2 rings (SSSR count). The molecule has 1 amide bonds. The summed E-state index contributed by atoms with van der Waals surface area (Å²) in [7, 11) is 0. The smallest absolute Gasteiger partial charge is 0.224 e. The summed E-state index contributed by atoms with van der Waals surface area (Å²) >= 11 is 0. The highest BCUT2D eigenvalue weighted by Crippen LogP contribution is 2.26. The molecule has 2 aliphatic rings. The number of nitrogens with zero attached hydrogens (tertiary/aromatic N) is 1. The van der Waals surface area contributed by atoms with Gasteiger partial charge in [-0.25, -0.2) is 0 Å². The molecule has 0 bridgehead atoms. The summed E-state index contributed by atoms with van der Waals surface area (Å²) in [6.45, 7) is 1.14. The van der Waals surface area contributed by atoms with Gasteiger partial charge in [0.2, 0.25) is 5.91 Å². The Labute approximate surface area is 102 Å². The fraction of sp³-hybridized carbons (Fsp3) is 0.846. The lowest BCUT2D eigenvalue weighted by molar-refractivity contribution is -0.128. The second-order valence-electron chi connectivity index (χ2n) is 5.13. The molecule has 0 aromatic rings. The second-order valence-corrected chi connectivity index (χ2v) is 5.13. The molecule has 1 saturated heterocycles. The number of nitrogens with one attached hydrogen (secondary N) is 1. The molecule has 4 nitrogen and oxygen atoms in total. The Balaban J connectivity index is 1.93. The summed E-state index contributed by atoms with van der Waals surface area (Å²) < 4.78 is 5.25. The molecule has 2 fully saturated rings. The fourth-order valence-corrected chi connectivity index (χ4v) is 2.69. The maximum atomic E-state index is 12.1. The zero-order valence-electron chi connectivity index (χ0n) is 10.2. The van der Waals surface area contributed by atoms with Gasteiger partial charge in [0.05, 0.1) is 6.07 Å². The van der Waals surface area contributed by atoms with E-state index < -0.39 is 5.54 Å². The molecule has 4 heteroatoms. The number of amides is 1. The highest BCUT2D eigenvalue weighted by atomic mass is 16.5. The molecule has 1 aliphatic heterocycles. The molecule has 0 unspecified atom stereocenters. The monoisotopic (exact) mass is 236 g/mol. The van der Waals surface area contributed by atoms with Gasteiger partial charge in [-0.2, -0.15) is 5.26 Å². The summed E-state index contributed by atoms with van der Waals surface area (Å²) in [6, 6.07) is 2.28. The van der Waals surface area contributed by atoms with Crippen LogP contribution in [0.3, 0.4) is 0 Å². The highest BCUT2D eigenvalue weighted by molar-refractivity contribution is 5.80. The Kier molecular flexibility index (Phi) is 4.01. The minimum atomic E-state index is -0.674. The van der Waals surface area contributed by atoms with Gasteiger partial charge in [0.15, 0.2) is 0 Å². The maximum Gasteiger partial charge on any atom is 0.224 e. The zero-order valence-corrected chi connectivity index (χ0v) is 10.2. The molecule has 0 atom stereocenters. The van der Waals surface area contributed by atoms with E-state index in [2.05, 4.69) is 11.4 Å². The molecule has 17 heavy (non-hydrogen) atoms. The number of carbonyl (C=O) groups is 1. The average molecular weight is 236 g/mol. The molecule has 1 saturated carbocycles. The van der Waals surface area contributed by atoms with Crippen LogP contribution in [-0.2, 0) is 9.53 Å². The topological polar surface area (TPSA) is 62.1 Å². The first-order chi connectivity index (χ1) is 8.26. The van der Waals surface area contributed by atoms with Crippen molar-refractivity contribution in [2.75, 3.05) is 13.2 Å². The van der Waals surface area contributed by atoms with E-state index in [0.29, 0.717) is 26.1 Å². The number of hydrogen-bond acceptors (Lipinski definition) is 3. The van der Waals surface area contributed by atoms with Gasteiger partial charge in [0, 0.05) is 32.0 Å². The lowest BCUT2D eigenvalue weighted by Gasteiger charge is -2.33. The first-order valence-electron chi connectivity index (χ1n) is 6.57. The van der Waals surface area contributed by atoms with Gasteiger partial charge in [0.1, 0.15) is 5.54 Å². The number of nitriles is 1. The average Bonchev–Trinajstić information content (AvgIpc) is 2.41. The van der Waals surface area contributed by atoms with Crippen molar-refractivity contribution in [1.82, 2.24) is 5.32 Å². The van der Waals surface area contributed by atoms with Crippen LogP contribution in [0.2, 0.25) is 0 Å². The Morgan fingerprint density at radius 3 is 2.47 bits per heavy atom. The maximum absolute atomic E-state index is 12.1. The first-order valence-corrected chi connectivity index (χ1v) is 6.57. The summed E-state index contributed by atoms with van der Waals surface area (Å²) in [6.07, 6.45) is 6.69. The van der Waals surface area contributed by atoms with E-state index in [0.717, 1.165) is 25.7 Å². The van der Waals surface area contributed by atoms with Crippen molar-refractivity contribution in [3.63, 3.8) is 0 Å². The molecule has 1 heterocycles. The molecule has 1 aliphatic carbocycles. The standard InChI is InChI=1S/C13H20N2O2/c14-10-13(6-8-17-9-7-13)15-12(16)11-4-2-1-3-5-11/h11H,1-9H2,(H,15,16). The van der Waals surface area contributed by atoms with Gasteiger partial charge in [-0.1, -0.05) is 19.3 Å². The van der Waals surface area contributed by atoms with Crippen molar-refractivity contribution < 1.29 is 9.53 Å². The first kappa shape index (κ1) is 12.4. The van der Waals surface area contributed by atoms with Crippen LogP contribution in [0.5, 0.6) is 0 Å². The van der Waals surface area contributed by atoms with E-state index in [4.69, 9.17) is 4.74 Å². The van der Waals surface area contributed by atoms with Crippen LogP contribution in [-0.4, -0.2) is 24.7 Å². The summed E-state index contributed by atoms with van der Waals surface area (Å²) in [5.74, 6) is 0.199. The number of hydrogen-bond donors (Lipinski definition) is 1. The normalized spacial score (nSPS) is 24.9. The third-order valence-corrected chi connectivity index (χ3v) is 3.90. The molecule has 94 valence electrons. The van der Waals surface area contributed by atoms with Gasteiger partial charge >= 0.3 is 0 Å². The van der Waals surface area contributed by atoms with E-state index in [-0.39, 0.29) is 11.8 Å². The van der Waals surface area contributed by atoms with Crippen LogP contribution < -0.4 is 5.32 Å². The predicted octanol–water partition coefficient (Wildman–Crippen LogP) is 1.76. The van der Waals surface area contributed by atoms with Crippen molar-refractivity contribution in [3.05, 3.63) is 0 Å². The Morgan fingerprint density at radius 1 is 1.24 bits per heavy atom. The molecular weight excluding hydrogens is 216 g/mol. The van der Waals surface area contributed by atoms with E-state index in [1.807, 2.05) is 0 Å².